The molecule has 0 saturated carbocycles. The number of rotatable bonds is 10. The average molecular weight is 492 g/mol. The van der Waals surface area contributed by atoms with Crippen LogP contribution in [-0.2, 0) is 11.3 Å². The minimum Gasteiger partial charge on any atom is -0.342 e. The van der Waals surface area contributed by atoms with Gasteiger partial charge in [-0.15, -0.1) is 16.8 Å². The first-order chi connectivity index (χ1) is 16.7. The Morgan fingerprint density at radius 1 is 1.09 bits per heavy atom. The first kappa shape index (κ1) is 26.2. The maximum atomic E-state index is 13.0. The van der Waals surface area contributed by atoms with E-state index in [0.29, 0.717) is 23.1 Å². The van der Waals surface area contributed by atoms with Crippen LogP contribution < -0.4 is 10.6 Å². The number of nitrogens with one attached hydrogen (secondary N) is 2. The summed E-state index contributed by atoms with van der Waals surface area (Å²) in [5.74, 6) is 0.611. The van der Waals surface area contributed by atoms with Gasteiger partial charge >= 0.3 is 0 Å². The fourth-order valence-corrected chi connectivity index (χ4v) is 4.42. The number of anilines is 1. The van der Waals surface area contributed by atoms with Gasteiger partial charge in [-0.3, -0.25) is 9.59 Å². The number of nitrogens with zero attached hydrogens (tertiary/aromatic N) is 3. The van der Waals surface area contributed by atoms with E-state index in [0.717, 1.165) is 22.4 Å². The van der Waals surface area contributed by atoms with Crippen LogP contribution in [0.5, 0.6) is 0 Å². The van der Waals surface area contributed by atoms with Crippen molar-refractivity contribution in [1.29, 1.82) is 0 Å². The van der Waals surface area contributed by atoms with Gasteiger partial charge in [0.05, 0.1) is 11.8 Å². The molecular weight excluding hydrogens is 458 g/mol. The molecule has 3 aromatic rings. The smallest absolute Gasteiger partial charge is 0.251 e. The van der Waals surface area contributed by atoms with E-state index in [1.165, 1.54) is 11.8 Å². The molecule has 3 rings (SSSR count). The lowest BCUT2D eigenvalue weighted by atomic mass is 10.0. The maximum absolute atomic E-state index is 13.0. The SMILES string of the molecule is C=CCn1c(SCC(=O)Nc2cc(C)ccc2C)nnc1[C@H](NC(=O)c1cccc(C)c1)C(C)C. The first-order valence-electron chi connectivity index (χ1n) is 11.6. The van der Waals surface area contributed by atoms with Crippen molar-refractivity contribution in [3.05, 3.63) is 83.2 Å². The van der Waals surface area contributed by atoms with Crippen molar-refractivity contribution in [3.8, 4) is 0 Å². The van der Waals surface area contributed by atoms with Crippen LogP contribution in [0.3, 0.4) is 0 Å². The summed E-state index contributed by atoms with van der Waals surface area (Å²) >= 11 is 1.31. The summed E-state index contributed by atoms with van der Waals surface area (Å²) in [4.78, 5) is 25.6. The molecule has 0 radical (unpaired) electrons. The van der Waals surface area contributed by atoms with E-state index in [2.05, 4.69) is 27.4 Å². The van der Waals surface area contributed by atoms with E-state index < -0.39 is 0 Å². The van der Waals surface area contributed by atoms with Gasteiger partial charge in [-0.05, 0) is 56.0 Å². The standard InChI is InChI=1S/C27H33N5O2S/c1-7-13-32-25(24(17(2)3)29-26(34)21-10-8-9-18(4)14-21)30-31-27(32)35-16-23(33)28-22-15-19(5)11-12-20(22)6/h7-12,14-15,17,24H,1,13,16H2,2-6H3,(H,28,33)(H,29,34)/t24-/m1/s1. The minimum atomic E-state index is -0.353. The van der Waals surface area contributed by atoms with E-state index in [4.69, 9.17) is 0 Å². The number of aromatic nitrogens is 3. The van der Waals surface area contributed by atoms with Gasteiger partial charge in [0.25, 0.3) is 5.91 Å². The molecule has 0 aliphatic rings. The van der Waals surface area contributed by atoms with Gasteiger partial charge in [0.1, 0.15) is 0 Å². The Morgan fingerprint density at radius 2 is 1.83 bits per heavy atom. The fourth-order valence-electron chi connectivity index (χ4n) is 3.66. The highest BCUT2D eigenvalue weighted by Crippen LogP contribution is 2.26. The van der Waals surface area contributed by atoms with Gasteiger partial charge in [-0.1, -0.05) is 61.5 Å². The van der Waals surface area contributed by atoms with Crippen LogP contribution in [0, 0.1) is 26.7 Å². The number of carbonyl (C=O) groups excluding carboxylic acids is 2. The van der Waals surface area contributed by atoms with E-state index in [1.807, 2.05) is 75.6 Å². The molecule has 1 aromatic heterocycles. The molecule has 0 unspecified atom stereocenters. The number of aryl methyl sites for hydroxylation is 3. The average Bonchev–Trinajstić information content (AvgIpc) is 3.20. The summed E-state index contributed by atoms with van der Waals surface area (Å²) in [6.07, 6.45) is 1.76. The van der Waals surface area contributed by atoms with Crippen LogP contribution in [0.2, 0.25) is 0 Å². The number of carbonyl (C=O) groups is 2. The highest BCUT2D eigenvalue weighted by Gasteiger charge is 2.26. The number of hydrogen-bond acceptors (Lipinski definition) is 5. The van der Waals surface area contributed by atoms with Crippen LogP contribution in [0.25, 0.3) is 0 Å². The Balaban J connectivity index is 1.76. The monoisotopic (exact) mass is 491 g/mol. The molecule has 2 N–H and O–H groups in total. The Hall–Kier alpha value is -3.39. The normalized spacial score (nSPS) is 11.8. The van der Waals surface area contributed by atoms with Gasteiger partial charge in [-0.25, -0.2) is 0 Å². The van der Waals surface area contributed by atoms with E-state index in [9.17, 15) is 9.59 Å². The lowest BCUT2D eigenvalue weighted by Crippen LogP contribution is -2.34. The zero-order valence-corrected chi connectivity index (χ0v) is 21.8. The fraction of sp³-hybridized carbons (Fsp3) is 0.333. The molecule has 184 valence electrons. The molecule has 2 aromatic carbocycles. The molecule has 2 amide bonds. The Morgan fingerprint density at radius 3 is 2.51 bits per heavy atom. The van der Waals surface area contributed by atoms with E-state index in [-0.39, 0.29) is 29.5 Å². The zero-order chi connectivity index (χ0) is 25.5. The molecule has 0 fully saturated rings. The molecular formula is C27H33N5O2S. The number of thioether (sulfide) groups is 1. The van der Waals surface area contributed by atoms with Crippen molar-refractivity contribution in [2.24, 2.45) is 5.92 Å². The summed E-state index contributed by atoms with van der Waals surface area (Å²) in [5.41, 5.74) is 4.52. The topological polar surface area (TPSA) is 88.9 Å². The summed E-state index contributed by atoms with van der Waals surface area (Å²) in [6, 6.07) is 13.1. The van der Waals surface area contributed by atoms with Crippen LogP contribution in [0.4, 0.5) is 5.69 Å². The second-order valence-electron chi connectivity index (χ2n) is 8.96. The summed E-state index contributed by atoms with van der Waals surface area (Å²) in [6.45, 7) is 14.3. The van der Waals surface area contributed by atoms with Crippen LogP contribution in [0.1, 0.15) is 52.8 Å². The molecule has 35 heavy (non-hydrogen) atoms. The Kier molecular flexibility index (Phi) is 8.87. The molecule has 1 atom stereocenters. The van der Waals surface area contributed by atoms with Crippen molar-refractivity contribution in [3.63, 3.8) is 0 Å². The summed E-state index contributed by atoms with van der Waals surface area (Å²) in [5, 5.41) is 15.4. The van der Waals surface area contributed by atoms with Gasteiger partial charge in [0.2, 0.25) is 5.91 Å². The minimum absolute atomic E-state index is 0.0713. The summed E-state index contributed by atoms with van der Waals surface area (Å²) < 4.78 is 1.91. The van der Waals surface area contributed by atoms with Gasteiger partial charge < -0.3 is 15.2 Å². The van der Waals surface area contributed by atoms with Crippen molar-refractivity contribution >= 4 is 29.3 Å². The van der Waals surface area contributed by atoms with Crippen LogP contribution in [0.15, 0.2) is 60.3 Å². The predicted octanol–water partition coefficient (Wildman–Crippen LogP) is 5.25. The first-order valence-corrected chi connectivity index (χ1v) is 12.6. The Labute approximate surface area is 211 Å². The van der Waals surface area contributed by atoms with Gasteiger partial charge in [0.15, 0.2) is 11.0 Å². The molecule has 1 heterocycles. The maximum Gasteiger partial charge on any atom is 0.251 e. The van der Waals surface area contributed by atoms with Gasteiger partial charge in [-0.2, -0.15) is 0 Å². The van der Waals surface area contributed by atoms with Crippen molar-refractivity contribution in [2.75, 3.05) is 11.1 Å². The number of hydrogen-bond donors (Lipinski definition) is 2. The molecule has 0 bridgehead atoms. The molecule has 8 heteroatoms. The predicted molar refractivity (Wildman–Crippen MR) is 142 cm³/mol. The summed E-state index contributed by atoms with van der Waals surface area (Å²) in [7, 11) is 0. The highest BCUT2D eigenvalue weighted by molar-refractivity contribution is 7.99. The second-order valence-corrected chi connectivity index (χ2v) is 9.90. The Bertz CT molecular complexity index is 1220. The molecule has 0 saturated heterocycles. The number of amides is 2. The third-order valence-corrected chi connectivity index (χ3v) is 6.54. The molecule has 0 aliphatic heterocycles. The van der Waals surface area contributed by atoms with Crippen LogP contribution >= 0.6 is 11.8 Å². The van der Waals surface area contributed by atoms with Crippen LogP contribution in [-0.4, -0.2) is 32.3 Å². The number of allylic oxidation sites excluding steroid dienone is 1. The lowest BCUT2D eigenvalue weighted by molar-refractivity contribution is -0.113. The van der Waals surface area contributed by atoms with Crippen molar-refractivity contribution < 1.29 is 9.59 Å². The second kappa shape index (κ2) is 11.8. The van der Waals surface area contributed by atoms with E-state index in [1.54, 1.807) is 12.1 Å². The molecule has 0 aliphatic carbocycles. The lowest BCUT2D eigenvalue weighted by Gasteiger charge is -2.22. The molecule has 0 spiro atoms. The van der Waals surface area contributed by atoms with Crippen molar-refractivity contribution in [1.82, 2.24) is 20.1 Å². The highest BCUT2D eigenvalue weighted by atomic mass is 32.2. The quantitative estimate of drug-likeness (QED) is 0.299. The zero-order valence-electron chi connectivity index (χ0n) is 21.0. The number of benzene rings is 2. The third-order valence-electron chi connectivity index (χ3n) is 5.57. The third kappa shape index (κ3) is 6.82. The molecule has 7 nitrogen and oxygen atoms in total. The van der Waals surface area contributed by atoms with Gasteiger partial charge in [0, 0.05) is 17.8 Å². The van der Waals surface area contributed by atoms with Crippen molar-refractivity contribution in [2.45, 2.75) is 52.4 Å². The van der Waals surface area contributed by atoms with E-state index >= 15 is 0 Å². The largest absolute Gasteiger partial charge is 0.342 e.